The molecule has 0 aromatic heterocycles. The van der Waals surface area contributed by atoms with Crippen molar-refractivity contribution in [2.45, 2.75) is 45.1 Å². The Morgan fingerprint density at radius 3 is 2.61 bits per heavy atom. The first-order chi connectivity index (χ1) is 13.4. The van der Waals surface area contributed by atoms with E-state index in [0.717, 1.165) is 19.3 Å². The summed E-state index contributed by atoms with van der Waals surface area (Å²) in [5.41, 5.74) is 1.32. The largest absolute Gasteiger partial charge is 0.479 e. The van der Waals surface area contributed by atoms with Crippen LogP contribution in [-0.2, 0) is 14.3 Å². The molecule has 1 aromatic carbocycles. The predicted molar refractivity (Wildman–Crippen MR) is 100 cm³/mol. The molecule has 2 rings (SSSR count). The van der Waals surface area contributed by atoms with E-state index in [9.17, 15) is 18.8 Å². The van der Waals surface area contributed by atoms with Crippen LogP contribution < -0.4 is 15.4 Å². The Kier molecular flexibility index (Phi) is 8.45. The smallest absolute Gasteiger partial charge is 0.347 e. The lowest BCUT2D eigenvalue weighted by atomic mass is 9.97. The first kappa shape index (κ1) is 21.4. The number of ether oxygens (including phenoxy) is 2. The van der Waals surface area contributed by atoms with Gasteiger partial charge in [-0.15, -0.1) is 0 Å². The molecule has 1 aliphatic rings. The fourth-order valence-electron chi connectivity index (χ4n) is 2.69. The van der Waals surface area contributed by atoms with Crippen molar-refractivity contribution in [3.8, 4) is 5.75 Å². The third-order valence-electron chi connectivity index (χ3n) is 4.17. The molecule has 1 atom stereocenters. The monoisotopic (exact) mass is 392 g/mol. The highest BCUT2D eigenvalue weighted by Gasteiger charge is 2.18. The molecule has 0 spiro atoms. The molecule has 0 bridgehead atoms. The van der Waals surface area contributed by atoms with Gasteiger partial charge in [0.15, 0.2) is 12.7 Å². The van der Waals surface area contributed by atoms with Crippen LogP contribution in [0.2, 0.25) is 0 Å². The van der Waals surface area contributed by atoms with Crippen molar-refractivity contribution >= 4 is 17.9 Å². The van der Waals surface area contributed by atoms with E-state index in [2.05, 4.69) is 16.7 Å². The summed E-state index contributed by atoms with van der Waals surface area (Å²) in [5, 5.41) is 4.70. The number of hydrogen-bond acceptors (Lipinski definition) is 5. The topological polar surface area (TPSA) is 93.7 Å². The van der Waals surface area contributed by atoms with E-state index >= 15 is 0 Å². The normalized spacial score (nSPS) is 14.4. The van der Waals surface area contributed by atoms with Crippen LogP contribution in [0, 0.1) is 5.82 Å². The van der Waals surface area contributed by atoms with Gasteiger partial charge in [-0.2, -0.15) is 0 Å². The van der Waals surface area contributed by atoms with Crippen molar-refractivity contribution < 1.29 is 28.2 Å². The predicted octanol–water partition coefficient (Wildman–Crippen LogP) is 2.85. The van der Waals surface area contributed by atoms with Crippen LogP contribution in [0.15, 0.2) is 35.9 Å². The van der Waals surface area contributed by atoms with E-state index < -0.39 is 36.4 Å². The maximum absolute atomic E-state index is 12.8. The number of imide groups is 1. The standard InChI is InChI=1S/C20H25FN2O5/c1-14(28-17-9-7-16(21)8-10-17)19(25)27-13-18(24)23-20(26)22-12-11-15-5-3-2-4-6-15/h5,7-10,14H,2-4,6,11-13H2,1H3,(H2,22,23,24,26)/t14-/m1/s1. The highest BCUT2D eigenvalue weighted by molar-refractivity contribution is 5.95. The lowest BCUT2D eigenvalue weighted by Crippen LogP contribution is -2.42. The number of hydrogen-bond donors (Lipinski definition) is 2. The van der Waals surface area contributed by atoms with Gasteiger partial charge >= 0.3 is 12.0 Å². The first-order valence-corrected chi connectivity index (χ1v) is 9.28. The maximum Gasteiger partial charge on any atom is 0.347 e. The van der Waals surface area contributed by atoms with Gasteiger partial charge in [0.25, 0.3) is 5.91 Å². The third kappa shape index (κ3) is 7.77. The Hall–Kier alpha value is -2.90. The molecule has 0 aliphatic heterocycles. The van der Waals surface area contributed by atoms with E-state index in [1.54, 1.807) is 0 Å². The Morgan fingerprint density at radius 2 is 1.93 bits per heavy atom. The minimum atomic E-state index is -0.990. The number of carbonyl (C=O) groups excluding carboxylic acids is 3. The lowest BCUT2D eigenvalue weighted by molar-refractivity contribution is -0.154. The van der Waals surface area contributed by atoms with Crippen LogP contribution in [0.25, 0.3) is 0 Å². The number of urea groups is 1. The molecule has 0 saturated carbocycles. The molecule has 0 radical (unpaired) electrons. The average molecular weight is 392 g/mol. The van der Waals surface area contributed by atoms with E-state index in [0.29, 0.717) is 12.3 Å². The zero-order chi connectivity index (χ0) is 20.4. The van der Waals surface area contributed by atoms with Crippen molar-refractivity contribution in [2.24, 2.45) is 0 Å². The van der Waals surface area contributed by atoms with Crippen molar-refractivity contribution in [1.29, 1.82) is 0 Å². The molecule has 1 aromatic rings. The zero-order valence-corrected chi connectivity index (χ0v) is 15.8. The minimum absolute atomic E-state index is 0.294. The summed E-state index contributed by atoms with van der Waals surface area (Å²) >= 11 is 0. The number of allylic oxidation sites excluding steroid dienone is 1. The minimum Gasteiger partial charge on any atom is -0.479 e. The summed E-state index contributed by atoms with van der Waals surface area (Å²) in [6.45, 7) is 1.28. The van der Waals surface area contributed by atoms with Gasteiger partial charge in [0.05, 0.1) is 0 Å². The molecule has 0 saturated heterocycles. The molecule has 28 heavy (non-hydrogen) atoms. The highest BCUT2D eigenvalue weighted by atomic mass is 19.1. The van der Waals surface area contributed by atoms with E-state index in [4.69, 9.17) is 9.47 Å². The molecule has 0 fully saturated rings. The summed E-state index contributed by atoms with van der Waals surface area (Å²) in [4.78, 5) is 35.2. The van der Waals surface area contributed by atoms with E-state index in [-0.39, 0.29) is 0 Å². The van der Waals surface area contributed by atoms with Crippen molar-refractivity contribution in [3.05, 3.63) is 41.7 Å². The number of esters is 1. The second-order valence-electron chi connectivity index (χ2n) is 6.48. The molecule has 3 amide bonds. The van der Waals surface area contributed by atoms with Gasteiger partial charge < -0.3 is 14.8 Å². The van der Waals surface area contributed by atoms with Crippen LogP contribution in [0.4, 0.5) is 9.18 Å². The second-order valence-corrected chi connectivity index (χ2v) is 6.48. The summed E-state index contributed by atoms with van der Waals surface area (Å²) in [6.07, 6.45) is 6.47. The van der Waals surface area contributed by atoms with Gasteiger partial charge in [-0.05, 0) is 63.3 Å². The molecule has 8 heteroatoms. The molecule has 7 nitrogen and oxygen atoms in total. The number of nitrogens with one attached hydrogen (secondary N) is 2. The summed E-state index contributed by atoms with van der Waals surface area (Å²) in [7, 11) is 0. The average Bonchev–Trinajstić information content (AvgIpc) is 2.68. The number of benzene rings is 1. The molecule has 2 N–H and O–H groups in total. The molecule has 152 valence electrons. The Bertz CT molecular complexity index is 718. The van der Waals surface area contributed by atoms with Crippen molar-refractivity contribution in [3.63, 3.8) is 0 Å². The third-order valence-corrected chi connectivity index (χ3v) is 4.17. The Morgan fingerprint density at radius 1 is 1.18 bits per heavy atom. The SMILES string of the molecule is C[C@@H](Oc1ccc(F)cc1)C(=O)OCC(=O)NC(=O)NCCC1=CCCCC1. The fourth-order valence-corrected chi connectivity index (χ4v) is 2.69. The fraction of sp³-hybridized carbons (Fsp3) is 0.450. The number of halogens is 1. The van der Waals surface area contributed by atoms with Gasteiger partial charge in [0.2, 0.25) is 0 Å². The van der Waals surface area contributed by atoms with Crippen LogP contribution in [0.5, 0.6) is 5.75 Å². The van der Waals surface area contributed by atoms with E-state index in [1.807, 2.05) is 0 Å². The molecular weight excluding hydrogens is 367 g/mol. The summed E-state index contributed by atoms with van der Waals surface area (Å²) < 4.78 is 23.0. The highest BCUT2D eigenvalue weighted by Crippen LogP contribution is 2.19. The number of amides is 3. The molecular formula is C20H25FN2O5. The van der Waals surface area contributed by atoms with Crippen LogP contribution in [0.3, 0.4) is 0 Å². The van der Waals surface area contributed by atoms with Gasteiger partial charge in [-0.1, -0.05) is 11.6 Å². The van der Waals surface area contributed by atoms with Crippen LogP contribution >= 0.6 is 0 Å². The van der Waals surface area contributed by atoms with Crippen LogP contribution in [-0.4, -0.2) is 37.2 Å². The first-order valence-electron chi connectivity index (χ1n) is 9.28. The lowest BCUT2D eigenvalue weighted by Gasteiger charge is -2.14. The van der Waals surface area contributed by atoms with Gasteiger partial charge in [0.1, 0.15) is 11.6 Å². The van der Waals surface area contributed by atoms with Gasteiger partial charge in [-0.25, -0.2) is 14.0 Å². The second kappa shape index (κ2) is 11.1. The van der Waals surface area contributed by atoms with Crippen molar-refractivity contribution in [2.75, 3.05) is 13.2 Å². The molecule has 0 heterocycles. The van der Waals surface area contributed by atoms with Gasteiger partial charge in [-0.3, -0.25) is 10.1 Å². The maximum atomic E-state index is 12.8. The number of carbonyl (C=O) groups is 3. The quantitative estimate of drug-likeness (QED) is 0.524. The number of rotatable bonds is 8. The Labute approximate surface area is 163 Å². The van der Waals surface area contributed by atoms with E-state index in [1.165, 1.54) is 49.6 Å². The van der Waals surface area contributed by atoms with Crippen molar-refractivity contribution in [1.82, 2.24) is 10.6 Å². The zero-order valence-electron chi connectivity index (χ0n) is 15.8. The summed E-state index contributed by atoms with van der Waals surface area (Å²) in [5.74, 6) is -1.64. The molecule has 0 unspecified atom stereocenters. The summed E-state index contributed by atoms with van der Waals surface area (Å²) in [6, 6.07) is 4.51. The molecule has 1 aliphatic carbocycles. The Balaban J connectivity index is 1.62. The van der Waals surface area contributed by atoms with Crippen LogP contribution in [0.1, 0.15) is 39.0 Å². The van der Waals surface area contributed by atoms with Gasteiger partial charge in [0, 0.05) is 6.54 Å².